The minimum Gasteiger partial charge on any atom is -0.490 e. The van der Waals surface area contributed by atoms with Crippen molar-refractivity contribution >= 4 is 39.2 Å². The van der Waals surface area contributed by atoms with Crippen molar-refractivity contribution < 1.29 is 32.6 Å². The Morgan fingerprint density at radius 1 is 1.20 bits per heavy atom. The topological polar surface area (TPSA) is 122 Å². The summed E-state index contributed by atoms with van der Waals surface area (Å²) in [5.74, 6) is -0.330. The van der Waals surface area contributed by atoms with Crippen molar-refractivity contribution in [3.05, 3.63) is 70.3 Å². The second-order valence-corrected chi connectivity index (χ2v) is 16.3. The van der Waals surface area contributed by atoms with Gasteiger partial charge in [0.1, 0.15) is 5.75 Å². The van der Waals surface area contributed by atoms with Gasteiger partial charge in [0.2, 0.25) is 10.0 Å². The van der Waals surface area contributed by atoms with E-state index in [1.807, 2.05) is 12.1 Å². The molecule has 2 aromatic carbocycles. The predicted molar refractivity (Wildman–Crippen MR) is 177 cm³/mol. The number of nitrogens with zero attached hydrogens (tertiary/aromatic N) is 1. The number of aryl methyl sites for hydroxylation is 1. The van der Waals surface area contributed by atoms with Gasteiger partial charge in [-0.05, 0) is 112 Å². The molecule has 1 spiro atoms. The van der Waals surface area contributed by atoms with E-state index in [1.165, 1.54) is 18.2 Å². The molecule has 11 heteroatoms. The average Bonchev–Trinajstić information content (AvgIpc) is 3.16. The number of methoxy groups -OCH3 is 1. The van der Waals surface area contributed by atoms with Crippen LogP contribution >= 0.6 is 11.6 Å². The Bertz CT molecular complexity index is 1650. The summed E-state index contributed by atoms with van der Waals surface area (Å²) in [5.41, 5.74) is 3.09. The number of anilines is 1. The van der Waals surface area contributed by atoms with E-state index in [2.05, 4.69) is 21.8 Å². The number of aliphatic hydroxyl groups excluding tert-OH is 1. The SMILES string of the molecule is COC(=O)CC[C@]1(C)CC/C=C/[C@H](O)[C@@H]2CC[C@H]2CN2C[C@@]3(CCCc4cc(Cl)ccc43)COc3ccc(cc32)C(=O)NS1(=O)=O. The zero-order chi connectivity index (χ0) is 32.7. The Morgan fingerprint density at radius 3 is 2.78 bits per heavy atom. The molecule has 2 aromatic rings. The third-order valence-corrected chi connectivity index (χ3v) is 13.2. The van der Waals surface area contributed by atoms with Gasteiger partial charge in [-0.15, -0.1) is 0 Å². The number of nitrogens with one attached hydrogen (secondary N) is 1. The van der Waals surface area contributed by atoms with Crippen LogP contribution in [0.5, 0.6) is 5.75 Å². The van der Waals surface area contributed by atoms with E-state index >= 15 is 0 Å². The summed E-state index contributed by atoms with van der Waals surface area (Å²) in [6.45, 7) is 3.33. The van der Waals surface area contributed by atoms with Crippen molar-refractivity contribution in [2.45, 2.75) is 81.0 Å². The van der Waals surface area contributed by atoms with Gasteiger partial charge in [0.15, 0.2) is 0 Å². The normalized spacial score (nSPS) is 31.3. The molecule has 2 bridgehead atoms. The first-order valence-electron chi connectivity index (χ1n) is 16.2. The number of allylic oxidation sites excluding steroid dienone is 1. The molecular weight excluding hydrogens is 628 g/mol. The lowest BCUT2D eigenvalue weighted by molar-refractivity contribution is -0.140. The highest BCUT2D eigenvalue weighted by Crippen LogP contribution is 2.47. The average molecular weight is 671 g/mol. The standard InChI is InChI=1S/C35H43ClN2O7S/c1-34(17-14-32(40)44-2)15-4-3-7-30(39)27-11-8-25(27)20-38-21-35(16-5-6-23-18-26(36)10-12-28(23)35)22-45-31-13-9-24(19-29(31)38)33(41)37-46(34,42)43/h3,7,9-10,12-13,18-19,25,27,30,39H,4-6,8,11,14-17,20-22H2,1-2H3,(H,37,41)/b7-3+/t25-,27+,30-,34-,35-/m0/s1. The Balaban J connectivity index is 1.40. The minimum atomic E-state index is -4.23. The molecule has 0 unspecified atom stereocenters. The van der Waals surface area contributed by atoms with Gasteiger partial charge in [-0.2, -0.15) is 0 Å². The fraction of sp³-hybridized carbons (Fsp3) is 0.543. The van der Waals surface area contributed by atoms with Crippen LogP contribution in [-0.2, 0) is 31.4 Å². The van der Waals surface area contributed by atoms with Gasteiger partial charge >= 0.3 is 5.97 Å². The highest BCUT2D eigenvalue weighted by molar-refractivity contribution is 7.91. The molecule has 248 valence electrons. The molecule has 5 atom stereocenters. The first-order valence-corrected chi connectivity index (χ1v) is 18.1. The van der Waals surface area contributed by atoms with Gasteiger partial charge in [-0.3, -0.25) is 9.59 Å². The van der Waals surface area contributed by atoms with Crippen molar-refractivity contribution in [1.29, 1.82) is 0 Å². The first-order chi connectivity index (χ1) is 21.9. The molecule has 2 aliphatic heterocycles. The summed E-state index contributed by atoms with van der Waals surface area (Å²) >= 11 is 6.40. The maximum atomic E-state index is 13.8. The molecule has 1 amide bonds. The van der Waals surface area contributed by atoms with E-state index in [0.29, 0.717) is 36.9 Å². The van der Waals surface area contributed by atoms with Gasteiger partial charge in [0, 0.05) is 35.5 Å². The number of carbonyl (C=O) groups is 2. The van der Waals surface area contributed by atoms with Crippen molar-refractivity contribution in [2.24, 2.45) is 11.8 Å². The highest BCUT2D eigenvalue weighted by Gasteiger charge is 2.45. The van der Waals surface area contributed by atoms with Crippen molar-refractivity contribution in [1.82, 2.24) is 4.72 Å². The smallest absolute Gasteiger partial charge is 0.305 e. The highest BCUT2D eigenvalue weighted by atomic mass is 35.5. The van der Waals surface area contributed by atoms with Gasteiger partial charge in [0.25, 0.3) is 5.91 Å². The number of amides is 1. The molecule has 1 fully saturated rings. The number of ether oxygens (including phenoxy) is 2. The molecular formula is C35H43ClN2O7S. The molecule has 0 radical (unpaired) electrons. The van der Waals surface area contributed by atoms with Crippen LogP contribution in [0.2, 0.25) is 5.02 Å². The molecule has 2 N–H and O–H groups in total. The van der Waals surface area contributed by atoms with Gasteiger partial charge in [-0.25, -0.2) is 13.1 Å². The number of benzene rings is 2. The maximum absolute atomic E-state index is 13.8. The number of rotatable bonds is 3. The molecule has 6 rings (SSSR count). The number of esters is 1. The van der Waals surface area contributed by atoms with Crippen molar-refractivity contribution in [2.75, 3.05) is 31.7 Å². The largest absolute Gasteiger partial charge is 0.490 e. The molecule has 1 saturated carbocycles. The zero-order valence-corrected chi connectivity index (χ0v) is 28.0. The Morgan fingerprint density at radius 2 is 2.02 bits per heavy atom. The first kappa shape index (κ1) is 32.8. The van der Waals surface area contributed by atoms with Crippen LogP contribution in [0, 0.1) is 11.8 Å². The fourth-order valence-corrected chi connectivity index (χ4v) is 9.30. The quantitative estimate of drug-likeness (QED) is 0.332. The lowest BCUT2D eigenvalue weighted by Gasteiger charge is -2.45. The summed E-state index contributed by atoms with van der Waals surface area (Å²) in [7, 11) is -2.98. The summed E-state index contributed by atoms with van der Waals surface area (Å²) in [6, 6.07) is 11.2. The summed E-state index contributed by atoms with van der Waals surface area (Å²) in [4.78, 5) is 27.9. The number of hydrogen-bond acceptors (Lipinski definition) is 8. The summed E-state index contributed by atoms with van der Waals surface area (Å²) in [6.07, 6.45) is 8.06. The third kappa shape index (κ3) is 6.28. The van der Waals surface area contributed by atoms with Crippen LogP contribution in [0.3, 0.4) is 0 Å². The van der Waals surface area contributed by atoms with Crippen LogP contribution in [-0.4, -0.2) is 63.1 Å². The zero-order valence-electron chi connectivity index (χ0n) is 26.5. The van der Waals surface area contributed by atoms with E-state index in [-0.39, 0.29) is 42.1 Å². The van der Waals surface area contributed by atoms with E-state index in [1.54, 1.807) is 31.2 Å². The third-order valence-electron chi connectivity index (χ3n) is 10.8. The monoisotopic (exact) mass is 670 g/mol. The molecule has 0 aromatic heterocycles. The second-order valence-electron chi connectivity index (χ2n) is 13.7. The van der Waals surface area contributed by atoms with E-state index in [9.17, 15) is 23.1 Å². The number of carbonyl (C=O) groups excluding carboxylic acids is 2. The molecule has 9 nitrogen and oxygen atoms in total. The van der Waals surface area contributed by atoms with Gasteiger partial charge in [-0.1, -0.05) is 29.8 Å². The van der Waals surface area contributed by atoms with Crippen LogP contribution in [0.1, 0.15) is 79.8 Å². The molecule has 46 heavy (non-hydrogen) atoms. The van der Waals surface area contributed by atoms with Crippen LogP contribution < -0.4 is 14.4 Å². The molecule has 2 heterocycles. The maximum Gasteiger partial charge on any atom is 0.305 e. The van der Waals surface area contributed by atoms with E-state index in [4.69, 9.17) is 21.1 Å². The number of hydrogen-bond donors (Lipinski definition) is 2. The van der Waals surface area contributed by atoms with Gasteiger partial charge < -0.3 is 19.5 Å². The van der Waals surface area contributed by atoms with Crippen LogP contribution in [0.4, 0.5) is 5.69 Å². The van der Waals surface area contributed by atoms with E-state index < -0.39 is 32.8 Å². The van der Waals surface area contributed by atoms with E-state index in [0.717, 1.165) is 37.8 Å². The summed E-state index contributed by atoms with van der Waals surface area (Å²) in [5, 5.41) is 11.9. The number of sulfonamides is 1. The number of fused-ring (bicyclic) bond motifs is 4. The number of halogens is 1. The minimum absolute atomic E-state index is 0.0239. The van der Waals surface area contributed by atoms with Gasteiger partial charge in [0.05, 0.1) is 30.3 Å². The molecule has 0 saturated heterocycles. The van der Waals surface area contributed by atoms with Crippen LogP contribution in [0.25, 0.3) is 0 Å². The lowest BCUT2D eigenvalue weighted by atomic mass is 9.68. The van der Waals surface area contributed by atoms with Crippen molar-refractivity contribution in [3.63, 3.8) is 0 Å². The van der Waals surface area contributed by atoms with Crippen molar-refractivity contribution in [3.8, 4) is 5.75 Å². The van der Waals surface area contributed by atoms with Crippen LogP contribution in [0.15, 0.2) is 48.6 Å². The lowest BCUT2D eigenvalue weighted by Crippen LogP contribution is -2.49. The second kappa shape index (κ2) is 12.8. The Labute approximate surface area is 276 Å². The predicted octanol–water partition coefficient (Wildman–Crippen LogP) is 5.32. The molecule has 2 aliphatic carbocycles. The Kier molecular flexibility index (Phi) is 9.17. The summed E-state index contributed by atoms with van der Waals surface area (Å²) < 4.78 is 39.8. The Hall–Kier alpha value is -3.08. The molecule has 4 aliphatic rings. The number of aliphatic hydroxyl groups is 1. The fourth-order valence-electron chi connectivity index (χ4n) is 7.74.